The van der Waals surface area contributed by atoms with Gasteiger partial charge < -0.3 is 0 Å². The first-order valence-electron chi connectivity index (χ1n) is 6.86. The maximum absolute atomic E-state index is 2.60. The molecule has 2 aliphatic rings. The zero-order valence-corrected chi connectivity index (χ0v) is 13.1. The summed E-state index contributed by atoms with van der Waals surface area (Å²) in [4.78, 5) is 0. The van der Waals surface area contributed by atoms with Crippen LogP contribution in [-0.2, 0) is 0 Å². The quantitative estimate of drug-likeness (QED) is 0.378. The molecule has 1 saturated carbocycles. The van der Waals surface area contributed by atoms with Crippen LogP contribution in [0, 0.1) is 23.2 Å². The monoisotopic (exact) mass is 332 g/mol. The zero-order chi connectivity index (χ0) is 11.8. The predicted molar refractivity (Wildman–Crippen MR) is 80.0 cm³/mol. The molecule has 0 amide bonds. The van der Waals surface area contributed by atoms with Gasteiger partial charge in [0.15, 0.2) is 0 Å². The number of alkyl halides is 1. The molecule has 0 saturated heterocycles. The van der Waals surface area contributed by atoms with E-state index in [9.17, 15) is 0 Å². The van der Waals surface area contributed by atoms with Crippen LogP contribution in [0.15, 0.2) is 11.6 Å². The van der Waals surface area contributed by atoms with Gasteiger partial charge in [0, 0.05) is 4.43 Å². The van der Waals surface area contributed by atoms with Gasteiger partial charge in [0.05, 0.1) is 0 Å². The highest BCUT2D eigenvalue weighted by molar-refractivity contribution is 14.1. The van der Waals surface area contributed by atoms with Crippen molar-refractivity contribution in [3.63, 3.8) is 0 Å². The van der Waals surface area contributed by atoms with Crippen molar-refractivity contribution >= 4 is 22.6 Å². The average Bonchev–Trinajstić information content (AvgIpc) is 2.57. The summed E-state index contributed by atoms with van der Waals surface area (Å²) in [6.45, 7) is 7.47. The Bertz CT molecular complexity index is 281. The summed E-state index contributed by atoms with van der Waals surface area (Å²) in [6.07, 6.45) is 9.68. The zero-order valence-electron chi connectivity index (χ0n) is 10.9. The maximum Gasteiger partial charge on any atom is 0.0000875 e. The minimum absolute atomic E-state index is 0.558. The normalized spacial score (nSPS) is 40.4. The number of allylic oxidation sites excluding steroid dienone is 2. The minimum Gasteiger partial charge on any atom is -0.0864 e. The smallest absolute Gasteiger partial charge is 0.0000875 e. The van der Waals surface area contributed by atoms with Gasteiger partial charge in [-0.3, -0.25) is 0 Å². The van der Waals surface area contributed by atoms with Crippen LogP contribution >= 0.6 is 22.6 Å². The fraction of sp³-hybridized carbons (Fsp3) is 0.867. The Balaban J connectivity index is 2.16. The Morgan fingerprint density at radius 3 is 3.00 bits per heavy atom. The van der Waals surface area contributed by atoms with Crippen LogP contribution < -0.4 is 0 Å². The number of halogens is 1. The molecular weight excluding hydrogens is 307 g/mol. The van der Waals surface area contributed by atoms with E-state index >= 15 is 0 Å². The summed E-state index contributed by atoms with van der Waals surface area (Å²) in [5.41, 5.74) is 2.36. The van der Waals surface area contributed by atoms with E-state index in [2.05, 4.69) is 49.4 Å². The molecule has 0 aromatic heterocycles. The van der Waals surface area contributed by atoms with Crippen molar-refractivity contribution in [2.24, 2.45) is 23.2 Å². The molecule has 2 aliphatic carbocycles. The molecule has 0 N–H and O–H groups in total. The topological polar surface area (TPSA) is 0 Å². The standard InChI is InChI=1S/C15H25I/c1-11-5-4-9-15(3)13(11)6-7-14(15)12(2)8-10-16/h7,11-13H,4-6,8-10H2,1-3H3/t11?,12-,13-,15-/m0/s1. The molecule has 1 unspecified atom stereocenters. The lowest BCUT2D eigenvalue weighted by Crippen LogP contribution is -2.35. The molecule has 1 heteroatoms. The first-order valence-corrected chi connectivity index (χ1v) is 8.38. The third-order valence-electron chi connectivity index (χ3n) is 5.19. The predicted octanol–water partition coefficient (Wildman–Crippen LogP) is 5.22. The lowest BCUT2D eigenvalue weighted by atomic mass is 9.60. The van der Waals surface area contributed by atoms with Gasteiger partial charge >= 0.3 is 0 Å². The lowest BCUT2D eigenvalue weighted by Gasteiger charge is -2.44. The molecular formula is C15H25I. The van der Waals surface area contributed by atoms with E-state index < -0.39 is 0 Å². The van der Waals surface area contributed by atoms with Gasteiger partial charge in [0.2, 0.25) is 0 Å². The van der Waals surface area contributed by atoms with Gasteiger partial charge in [-0.05, 0) is 42.4 Å². The Morgan fingerprint density at radius 2 is 2.31 bits per heavy atom. The van der Waals surface area contributed by atoms with Crippen LogP contribution in [0.1, 0.15) is 52.9 Å². The van der Waals surface area contributed by atoms with Crippen LogP contribution in [0.3, 0.4) is 0 Å². The lowest BCUT2D eigenvalue weighted by molar-refractivity contribution is 0.110. The van der Waals surface area contributed by atoms with E-state index in [1.807, 2.05) is 0 Å². The van der Waals surface area contributed by atoms with Crippen LogP contribution in [-0.4, -0.2) is 4.43 Å². The Morgan fingerprint density at radius 1 is 1.56 bits per heavy atom. The Kier molecular flexibility index (Phi) is 4.03. The van der Waals surface area contributed by atoms with Crippen molar-refractivity contribution in [3.8, 4) is 0 Å². The molecule has 2 rings (SSSR count). The van der Waals surface area contributed by atoms with Crippen LogP contribution in [0.4, 0.5) is 0 Å². The van der Waals surface area contributed by atoms with Crippen molar-refractivity contribution < 1.29 is 0 Å². The maximum atomic E-state index is 2.60. The molecule has 0 aliphatic heterocycles. The van der Waals surface area contributed by atoms with E-state index in [1.54, 1.807) is 5.57 Å². The molecule has 1 fully saturated rings. The third kappa shape index (κ3) is 2.09. The molecule has 0 heterocycles. The fourth-order valence-corrected chi connectivity index (χ4v) is 5.16. The van der Waals surface area contributed by atoms with Crippen molar-refractivity contribution in [1.29, 1.82) is 0 Å². The molecule has 92 valence electrons. The van der Waals surface area contributed by atoms with Gasteiger partial charge in [-0.15, -0.1) is 0 Å². The second-order valence-electron chi connectivity index (χ2n) is 6.17. The van der Waals surface area contributed by atoms with Crippen molar-refractivity contribution in [2.75, 3.05) is 4.43 Å². The summed E-state index contributed by atoms with van der Waals surface area (Å²) < 4.78 is 1.30. The second kappa shape index (κ2) is 4.99. The van der Waals surface area contributed by atoms with E-state index in [0.717, 1.165) is 17.8 Å². The SMILES string of the molecule is CC1CCC[C@]2(C)C([C@@H](C)CCI)=CC[C@@H]12. The summed E-state index contributed by atoms with van der Waals surface area (Å²) in [5, 5.41) is 0. The highest BCUT2D eigenvalue weighted by Crippen LogP contribution is 2.56. The van der Waals surface area contributed by atoms with Crippen LogP contribution in [0.2, 0.25) is 0 Å². The van der Waals surface area contributed by atoms with E-state index in [0.29, 0.717) is 5.41 Å². The Hall–Kier alpha value is 0.470. The first-order chi connectivity index (χ1) is 7.59. The van der Waals surface area contributed by atoms with Gasteiger partial charge in [0.25, 0.3) is 0 Å². The number of hydrogen-bond acceptors (Lipinski definition) is 0. The summed E-state index contributed by atoms with van der Waals surface area (Å²) >= 11 is 2.52. The van der Waals surface area contributed by atoms with Crippen molar-refractivity contribution in [2.45, 2.75) is 52.9 Å². The van der Waals surface area contributed by atoms with E-state index in [1.165, 1.54) is 36.5 Å². The van der Waals surface area contributed by atoms with Crippen molar-refractivity contribution in [1.82, 2.24) is 0 Å². The minimum atomic E-state index is 0.558. The molecule has 0 nitrogen and oxygen atoms in total. The summed E-state index contributed by atoms with van der Waals surface area (Å²) in [7, 11) is 0. The third-order valence-corrected chi connectivity index (χ3v) is 5.81. The first kappa shape index (κ1) is 12.9. The van der Waals surface area contributed by atoms with E-state index in [-0.39, 0.29) is 0 Å². The fourth-order valence-electron chi connectivity index (χ4n) is 4.23. The second-order valence-corrected chi connectivity index (χ2v) is 7.25. The largest absolute Gasteiger partial charge is 0.0864 e. The molecule has 0 aromatic carbocycles. The number of fused-ring (bicyclic) bond motifs is 1. The van der Waals surface area contributed by atoms with Crippen LogP contribution in [0.5, 0.6) is 0 Å². The van der Waals surface area contributed by atoms with Gasteiger partial charge in [-0.1, -0.05) is 67.9 Å². The molecule has 0 radical (unpaired) electrons. The molecule has 16 heavy (non-hydrogen) atoms. The molecule has 4 atom stereocenters. The summed E-state index contributed by atoms with van der Waals surface area (Å²) in [5.74, 6) is 2.71. The summed E-state index contributed by atoms with van der Waals surface area (Å²) in [6, 6.07) is 0. The molecule has 0 spiro atoms. The molecule has 0 aromatic rings. The van der Waals surface area contributed by atoms with Crippen LogP contribution in [0.25, 0.3) is 0 Å². The van der Waals surface area contributed by atoms with Gasteiger partial charge in [-0.25, -0.2) is 0 Å². The number of hydrogen-bond donors (Lipinski definition) is 0. The van der Waals surface area contributed by atoms with Gasteiger partial charge in [-0.2, -0.15) is 0 Å². The highest BCUT2D eigenvalue weighted by atomic mass is 127. The number of rotatable bonds is 3. The van der Waals surface area contributed by atoms with Gasteiger partial charge in [0.1, 0.15) is 0 Å². The Labute approximate surface area is 114 Å². The highest BCUT2D eigenvalue weighted by Gasteiger charge is 2.46. The molecule has 0 bridgehead atoms. The average molecular weight is 332 g/mol. The van der Waals surface area contributed by atoms with Crippen molar-refractivity contribution in [3.05, 3.63) is 11.6 Å². The van der Waals surface area contributed by atoms with E-state index in [4.69, 9.17) is 0 Å².